The van der Waals surface area contributed by atoms with Crippen LogP contribution in [0.15, 0.2) is 136 Å². The number of hydrogen-bond acceptors (Lipinski definition) is 12. The molecule has 7 heterocycles. The highest BCUT2D eigenvalue weighted by atomic mass is 35.5. The average molecular weight is 1040 g/mol. The van der Waals surface area contributed by atoms with Crippen LogP contribution in [0, 0.1) is 0 Å². The number of nitrogens with one attached hydrogen (secondary N) is 1. The average Bonchev–Trinajstić information content (AvgIpc) is 4.27. The highest BCUT2D eigenvalue weighted by molar-refractivity contribution is 6.30. The lowest BCUT2D eigenvalue weighted by molar-refractivity contribution is -0.156. The minimum atomic E-state index is -4.64. The third-order valence-electron chi connectivity index (χ3n) is 10.9. The third-order valence-corrected chi connectivity index (χ3v) is 11.4. The Bertz CT molecular complexity index is 3100. The van der Waals surface area contributed by atoms with Crippen LogP contribution in [0.25, 0.3) is 22.4 Å². The second-order valence-electron chi connectivity index (χ2n) is 15.6. The molecule has 2 aromatic carbocycles. The lowest BCUT2D eigenvalue weighted by Crippen LogP contribution is -2.37. The highest BCUT2D eigenvalue weighted by Gasteiger charge is 2.25. The van der Waals surface area contributed by atoms with Crippen LogP contribution in [-0.4, -0.2) is 81.7 Å². The molecule has 0 saturated heterocycles. The Morgan fingerprint density at radius 2 is 1.33 bits per heavy atom. The molecule has 16 nitrogen and oxygen atoms in total. The van der Waals surface area contributed by atoms with Crippen molar-refractivity contribution in [3.63, 3.8) is 0 Å². The molecule has 73 heavy (non-hydrogen) atoms. The predicted molar refractivity (Wildman–Crippen MR) is 274 cm³/mol. The van der Waals surface area contributed by atoms with Gasteiger partial charge in [0.1, 0.15) is 35.8 Å². The Morgan fingerprint density at radius 3 is 1.77 bits per heavy atom. The molecular formula is C52H54Cl2F3N11O5. The van der Waals surface area contributed by atoms with Crippen molar-refractivity contribution in [2.45, 2.75) is 85.2 Å². The van der Waals surface area contributed by atoms with E-state index in [1.54, 1.807) is 85.5 Å². The number of carbonyl (C=O) groups is 2. The Balaban J connectivity index is 0.000000207. The van der Waals surface area contributed by atoms with E-state index in [1.165, 1.54) is 24.5 Å². The molecule has 6 aromatic heterocycles. The summed E-state index contributed by atoms with van der Waals surface area (Å²) >= 11 is 11.5. The number of anilines is 1. The van der Waals surface area contributed by atoms with Crippen LogP contribution in [0.1, 0.15) is 89.0 Å². The number of nitrogens with zero attached hydrogens (tertiary/aromatic N) is 10. The van der Waals surface area contributed by atoms with Crippen LogP contribution >= 0.6 is 23.2 Å². The van der Waals surface area contributed by atoms with Gasteiger partial charge in [0, 0.05) is 79.4 Å². The van der Waals surface area contributed by atoms with E-state index in [2.05, 4.69) is 52.8 Å². The molecule has 1 aliphatic heterocycles. The number of carbonyl (C=O) groups excluding carboxylic acids is 3. The molecular weight excluding hydrogens is 987 g/mol. The van der Waals surface area contributed by atoms with Crippen molar-refractivity contribution in [3.05, 3.63) is 167 Å². The zero-order valence-electron chi connectivity index (χ0n) is 40.0. The number of aldehydes is 1. The molecule has 0 saturated carbocycles. The Labute approximate surface area is 431 Å². The van der Waals surface area contributed by atoms with E-state index in [-0.39, 0.29) is 13.5 Å². The molecule has 0 unspecified atom stereocenters. The second kappa shape index (κ2) is 28.3. The largest absolute Gasteiger partial charge is 0.469 e. The molecule has 382 valence electrons. The third kappa shape index (κ3) is 16.7. The van der Waals surface area contributed by atoms with Crippen LogP contribution < -0.4 is 5.32 Å². The summed E-state index contributed by atoms with van der Waals surface area (Å²) in [4.78, 5) is 45.5. The number of aliphatic imine (C=N–C) groups is 1. The quantitative estimate of drug-likeness (QED) is 0.0779. The van der Waals surface area contributed by atoms with Crippen molar-refractivity contribution in [1.82, 2.24) is 44.1 Å². The number of urea groups is 1. The molecule has 8 aromatic rings. The highest BCUT2D eigenvalue weighted by Crippen LogP contribution is 2.29. The fraction of sp³-hybridized carbons (Fsp3) is 0.288. The zero-order chi connectivity index (χ0) is 52.0. The van der Waals surface area contributed by atoms with Crippen LogP contribution in [0.5, 0.6) is 0 Å². The van der Waals surface area contributed by atoms with E-state index in [0.717, 1.165) is 89.7 Å². The van der Waals surface area contributed by atoms with E-state index in [9.17, 15) is 22.8 Å². The van der Waals surface area contributed by atoms with Crippen LogP contribution in [0.4, 0.5) is 29.3 Å². The number of alkyl halides is 3. The fourth-order valence-corrected chi connectivity index (χ4v) is 7.67. The normalized spacial score (nSPS) is 13.0. The molecule has 1 aliphatic carbocycles. The molecule has 10 rings (SSSR count). The first kappa shape index (κ1) is 54.6. The predicted octanol–water partition coefficient (Wildman–Crippen LogP) is 12.7. The molecule has 2 aliphatic rings. The van der Waals surface area contributed by atoms with Crippen molar-refractivity contribution >= 4 is 75.4 Å². The lowest BCUT2D eigenvalue weighted by atomic mass is 9.95. The lowest BCUT2D eigenvalue weighted by Gasteiger charge is -2.27. The number of benzene rings is 2. The molecule has 2 amide bonds. The van der Waals surface area contributed by atoms with Crippen LogP contribution in [0.3, 0.4) is 0 Å². The second-order valence-corrected chi connectivity index (χ2v) is 16.4. The summed E-state index contributed by atoms with van der Waals surface area (Å²) in [5.74, 6) is 3.74. The molecule has 0 fully saturated rings. The molecule has 21 heteroatoms. The number of amides is 2. The summed E-state index contributed by atoms with van der Waals surface area (Å²) < 4.78 is 52.2. The van der Waals surface area contributed by atoms with Crippen molar-refractivity contribution < 1.29 is 37.8 Å². The summed E-state index contributed by atoms with van der Waals surface area (Å²) in [5, 5.41) is 21.0. The number of aromatic nitrogens is 8. The summed E-state index contributed by atoms with van der Waals surface area (Å²) in [6.45, 7) is 3.40. The van der Waals surface area contributed by atoms with E-state index >= 15 is 0 Å². The zero-order valence-corrected chi connectivity index (χ0v) is 40.5. The minimum Gasteiger partial charge on any atom is -0.469 e. The van der Waals surface area contributed by atoms with Crippen molar-refractivity contribution in [3.8, 4) is 0 Å². The van der Waals surface area contributed by atoms with Gasteiger partial charge in [0.05, 0.1) is 18.2 Å². The van der Waals surface area contributed by atoms with Gasteiger partial charge in [-0.15, -0.1) is 20.4 Å². The summed E-state index contributed by atoms with van der Waals surface area (Å²) in [7, 11) is 0. The first-order valence-corrected chi connectivity index (χ1v) is 23.4. The van der Waals surface area contributed by atoms with Crippen molar-refractivity contribution in [2.75, 3.05) is 18.4 Å². The van der Waals surface area contributed by atoms with Gasteiger partial charge in [0.2, 0.25) is 12.4 Å². The minimum absolute atomic E-state index is 0. The number of isocyanates is 1. The molecule has 0 spiro atoms. The number of rotatable bonds is 10. The van der Waals surface area contributed by atoms with Gasteiger partial charge in [-0.3, -0.25) is 13.6 Å². The first-order valence-electron chi connectivity index (χ1n) is 23.4. The standard InChI is InChI=1S/C23H21ClN6O2.C17H18N4O.C7H4ClNO.C2HF3O.C2H6.CH4/c24-17-3-5-18(6-4-17)27-23(31)29-11-9-16(10-12-29)20-14-25-21(30-15-26-28-22(20)30)8-7-19-2-1-13-32-19;1-2-5-13(6-3-1)15-11-18-16(21-12-19-20-17(15)21)9-8-14-7-4-10-22-14;8-6-1-3-7(4-2-6)9-5-10;3-2(4,5)1-6;1-2;/h1-6,9,13-15H,7-8,10-12H2,(H,27,31);4-5,7,10-12H,1-3,6,8-9H2;1-4H;1H;1-2H3;1H4/i;;;;1D;. The van der Waals surface area contributed by atoms with E-state index in [0.29, 0.717) is 47.8 Å². The number of aryl methyl sites for hydroxylation is 4. The number of fused-ring (bicyclic) bond motifs is 2. The SMILES string of the molecule is C.C1=C(c2cnc(CCc3ccco3)n3cnnc23)CCCC1.O=C(Nc1ccc(Cl)cc1)N1CC=C(c2cnc(CCc3ccco3)n3cnnc23)CC1.O=C=Nc1ccc(Cl)cc1.O=CC(F)(F)F.[2H]CC. The van der Waals surface area contributed by atoms with Gasteiger partial charge in [0.15, 0.2) is 11.3 Å². The van der Waals surface area contributed by atoms with Crippen LogP contribution in [0.2, 0.25) is 10.0 Å². The Kier molecular flexibility index (Phi) is 21.2. The Morgan fingerprint density at radius 1 is 0.808 bits per heavy atom. The smallest absolute Gasteiger partial charge is 0.446 e. The van der Waals surface area contributed by atoms with E-state index in [4.69, 9.17) is 38.2 Å². The molecule has 1 N–H and O–H groups in total. The van der Waals surface area contributed by atoms with Crippen molar-refractivity contribution in [2.24, 2.45) is 4.99 Å². The van der Waals surface area contributed by atoms with Crippen molar-refractivity contribution in [1.29, 1.82) is 0 Å². The van der Waals surface area contributed by atoms with E-state index < -0.39 is 12.5 Å². The summed E-state index contributed by atoms with van der Waals surface area (Å²) in [6, 6.07) is 21.3. The van der Waals surface area contributed by atoms with Crippen LogP contribution in [-0.2, 0) is 35.3 Å². The maximum absolute atomic E-state index is 12.6. The van der Waals surface area contributed by atoms with Gasteiger partial charge in [-0.05, 0) is 116 Å². The fourth-order valence-electron chi connectivity index (χ4n) is 7.42. The van der Waals surface area contributed by atoms with Gasteiger partial charge in [-0.25, -0.2) is 19.6 Å². The van der Waals surface area contributed by atoms with E-state index in [1.807, 2.05) is 45.5 Å². The summed E-state index contributed by atoms with van der Waals surface area (Å²) in [5.41, 5.74) is 7.52. The Hall–Kier alpha value is -7.73. The molecule has 0 bridgehead atoms. The first-order chi connectivity index (χ1) is 35.4. The molecule has 0 radical (unpaired) electrons. The monoisotopic (exact) mass is 1040 g/mol. The maximum atomic E-state index is 12.6. The van der Waals surface area contributed by atoms with Gasteiger partial charge in [-0.1, -0.05) is 56.6 Å². The number of allylic oxidation sites excluding steroid dienone is 2. The van der Waals surface area contributed by atoms with Gasteiger partial charge >= 0.3 is 12.2 Å². The van der Waals surface area contributed by atoms with Gasteiger partial charge < -0.3 is 19.1 Å². The summed E-state index contributed by atoms with van der Waals surface area (Å²) in [6.07, 6.45) is 19.4. The molecule has 0 atom stereocenters. The topological polar surface area (TPSA) is 191 Å². The number of hydrogen-bond donors (Lipinski definition) is 1. The number of furan rings is 2. The number of halogens is 5. The van der Waals surface area contributed by atoms with Gasteiger partial charge in [-0.2, -0.15) is 18.2 Å². The maximum Gasteiger partial charge on any atom is 0.446 e. The van der Waals surface area contributed by atoms with Gasteiger partial charge in [0.25, 0.3) is 0 Å².